The van der Waals surface area contributed by atoms with E-state index in [9.17, 15) is 0 Å². The van der Waals surface area contributed by atoms with Crippen molar-refractivity contribution < 1.29 is 0 Å². The van der Waals surface area contributed by atoms with Gasteiger partial charge in [-0.05, 0) is 54.2 Å². The minimum atomic E-state index is 0. The van der Waals surface area contributed by atoms with Crippen LogP contribution >= 0.6 is 23.7 Å². The molecule has 1 N–H and O–H groups in total. The summed E-state index contributed by atoms with van der Waals surface area (Å²) >= 11 is 1.81. The lowest BCUT2D eigenvalue weighted by molar-refractivity contribution is 0.461. The number of hydrogen-bond donors (Lipinski definition) is 1. The van der Waals surface area contributed by atoms with Crippen LogP contribution in [0.3, 0.4) is 0 Å². The van der Waals surface area contributed by atoms with Crippen LogP contribution in [0.15, 0.2) is 16.8 Å². The van der Waals surface area contributed by atoms with E-state index in [2.05, 4.69) is 22.1 Å². The Morgan fingerprint density at radius 3 is 2.67 bits per heavy atom. The molecule has 1 aliphatic rings. The predicted molar refractivity (Wildman–Crippen MR) is 56.4 cm³/mol. The minimum Gasteiger partial charge on any atom is -0.317 e. The van der Waals surface area contributed by atoms with Crippen LogP contribution in [-0.4, -0.2) is 13.1 Å². The van der Waals surface area contributed by atoms with Gasteiger partial charge >= 0.3 is 0 Å². The molecule has 0 unspecified atom stereocenters. The summed E-state index contributed by atoms with van der Waals surface area (Å²) in [5, 5.41) is 7.85. The van der Waals surface area contributed by atoms with Gasteiger partial charge in [-0.2, -0.15) is 11.3 Å². The second-order valence-electron chi connectivity index (χ2n) is 3.08. The average molecular weight is 204 g/mol. The zero-order chi connectivity index (χ0) is 7.52. The molecule has 0 spiro atoms. The standard InChI is InChI=1S/C9H13NS.ClH/c1-4-10-5-2-8(1)9-3-6-11-7-9;/h3,6-8,10H,1-2,4-5H2;1H. The Bertz CT molecular complexity index is 204. The zero-order valence-electron chi connectivity index (χ0n) is 6.95. The number of hydrogen-bond acceptors (Lipinski definition) is 2. The highest BCUT2D eigenvalue weighted by molar-refractivity contribution is 7.07. The summed E-state index contributed by atoms with van der Waals surface area (Å²) in [6.07, 6.45) is 2.63. The molecule has 0 saturated carbocycles. The molecule has 12 heavy (non-hydrogen) atoms. The fraction of sp³-hybridized carbons (Fsp3) is 0.556. The molecule has 0 radical (unpaired) electrons. The first-order valence-corrected chi connectivity index (χ1v) is 5.14. The summed E-state index contributed by atoms with van der Waals surface area (Å²) in [7, 11) is 0. The van der Waals surface area contributed by atoms with Crippen LogP contribution in [0.25, 0.3) is 0 Å². The predicted octanol–water partition coefficient (Wildman–Crippen LogP) is 2.64. The fourth-order valence-electron chi connectivity index (χ4n) is 1.66. The first-order chi connectivity index (χ1) is 5.47. The SMILES string of the molecule is Cl.c1cc(C2CCNCC2)cs1. The van der Waals surface area contributed by atoms with E-state index in [-0.39, 0.29) is 12.4 Å². The van der Waals surface area contributed by atoms with Crippen molar-refractivity contribution in [1.82, 2.24) is 5.32 Å². The van der Waals surface area contributed by atoms with Crippen molar-refractivity contribution in [3.8, 4) is 0 Å². The van der Waals surface area contributed by atoms with Crippen molar-refractivity contribution in [3.05, 3.63) is 22.4 Å². The molecule has 0 aliphatic carbocycles. The molecular formula is C9H14ClNS. The Morgan fingerprint density at radius 2 is 2.08 bits per heavy atom. The smallest absolute Gasteiger partial charge is 0.00431 e. The molecule has 0 bridgehead atoms. The summed E-state index contributed by atoms with van der Waals surface area (Å²) < 4.78 is 0. The van der Waals surface area contributed by atoms with Gasteiger partial charge in [0.1, 0.15) is 0 Å². The Kier molecular flexibility index (Phi) is 4.06. The van der Waals surface area contributed by atoms with E-state index in [0.717, 1.165) is 5.92 Å². The molecule has 1 aromatic rings. The molecule has 1 aromatic heterocycles. The third-order valence-corrected chi connectivity index (χ3v) is 3.06. The van der Waals surface area contributed by atoms with Crippen molar-refractivity contribution in [2.45, 2.75) is 18.8 Å². The second-order valence-corrected chi connectivity index (χ2v) is 3.86. The quantitative estimate of drug-likeness (QED) is 0.740. The van der Waals surface area contributed by atoms with Gasteiger partial charge < -0.3 is 5.32 Å². The summed E-state index contributed by atoms with van der Waals surface area (Å²) in [6, 6.07) is 2.26. The molecule has 1 fully saturated rings. The number of halogens is 1. The van der Waals surface area contributed by atoms with Crippen molar-refractivity contribution in [3.63, 3.8) is 0 Å². The van der Waals surface area contributed by atoms with Crippen LogP contribution in [0.5, 0.6) is 0 Å². The van der Waals surface area contributed by atoms with Crippen LogP contribution < -0.4 is 5.32 Å². The summed E-state index contributed by atoms with van der Waals surface area (Å²) in [5.41, 5.74) is 1.55. The molecule has 3 heteroatoms. The number of nitrogens with one attached hydrogen (secondary N) is 1. The van der Waals surface area contributed by atoms with E-state index in [1.165, 1.54) is 25.9 Å². The average Bonchev–Trinajstić information content (AvgIpc) is 2.58. The molecule has 1 aliphatic heterocycles. The van der Waals surface area contributed by atoms with Gasteiger partial charge in [0.05, 0.1) is 0 Å². The number of rotatable bonds is 1. The number of thiophene rings is 1. The highest BCUT2D eigenvalue weighted by atomic mass is 35.5. The molecule has 0 atom stereocenters. The lowest BCUT2D eigenvalue weighted by Crippen LogP contribution is -2.26. The van der Waals surface area contributed by atoms with Gasteiger partial charge in [-0.15, -0.1) is 12.4 Å². The van der Waals surface area contributed by atoms with E-state index < -0.39 is 0 Å². The first kappa shape index (κ1) is 10.0. The first-order valence-electron chi connectivity index (χ1n) is 4.19. The van der Waals surface area contributed by atoms with E-state index in [1.807, 2.05) is 11.3 Å². The van der Waals surface area contributed by atoms with E-state index >= 15 is 0 Å². The maximum absolute atomic E-state index is 3.38. The lowest BCUT2D eigenvalue weighted by Gasteiger charge is -2.21. The molecule has 0 aromatic carbocycles. The Morgan fingerprint density at radius 1 is 1.33 bits per heavy atom. The summed E-state index contributed by atoms with van der Waals surface area (Å²) in [6.45, 7) is 2.39. The topological polar surface area (TPSA) is 12.0 Å². The van der Waals surface area contributed by atoms with E-state index in [4.69, 9.17) is 0 Å². The third kappa shape index (κ3) is 2.22. The van der Waals surface area contributed by atoms with Crippen molar-refractivity contribution >= 4 is 23.7 Å². The molecule has 1 nitrogen and oxygen atoms in total. The van der Waals surface area contributed by atoms with Gasteiger partial charge in [-0.1, -0.05) is 0 Å². The van der Waals surface area contributed by atoms with Crippen molar-refractivity contribution in [2.24, 2.45) is 0 Å². The minimum absolute atomic E-state index is 0. The molecule has 2 heterocycles. The fourth-order valence-corrected chi connectivity index (χ4v) is 2.40. The van der Waals surface area contributed by atoms with Gasteiger partial charge in [-0.25, -0.2) is 0 Å². The van der Waals surface area contributed by atoms with Gasteiger partial charge in [0, 0.05) is 0 Å². The summed E-state index contributed by atoms with van der Waals surface area (Å²) in [4.78, 5) is 0. The third-order valence-electron chi connectivity index (χ3n) is 2.35. The van der Waals surface area contributed by atoms with Gasteiger partial charge in [-0.3, -0.25) is 0 Å². The van der Waals surface area contributed by atoms with E-state index in [0.29, 0.717) is 0 Å². The van der Waals surface area contributed by atoms with Gasteiger partial charge in [0.2, 0.25) is 0 Å². The second kappa shape index (κ2) is 4.85. The normalized spacial score (nSPS) is 18.7. The molecule has 1 saturated heterocycles. The van der Waals surface area contributed by atoms with E-state index in [1.54, 1.807) is 5.56 Å². The monoisotopic (exact) mass is 203 g/mol. The maximum atomic E-state index is 3.38. The van der Waals surface area contributed by atoms with Crippen LogP contribution in [0, 0.1) is 0 Å². The van der Waals surface area contributed by atoms with Gasteiger partial charge in [0.15, 0.2) is 0 Å². The number of piperidine rings is 1. The lowest BCUT2D eigenvalue weighted by atomic mass is 9.92. The molecule has 68 valence electrons. The van der Waals surface area contributed by atoms with Crippen molar-refractivity contribution in [2.75, 3.05) is 13.1 Å². The van der Waals surface area contributed by atoms with Crippen LogP contribution in [0.2, 0.25) is 0 Å². The zero-order valence-corrected chi connectivity index (χ0v) is 8.59. The largest absolute Gasteiger partial charge is 0.317 e. The maximum Gasteiger partial charge on any atom is -0.00431 e. The Labute approximate surface area is 83.6 Å². The Hall–Kier alpha value is -0.0500. The molecule has 0 amide bonds. The van der Waals surface area contributed by atoms with Crippen LogP contribution in [-0.2, 0) is 0 Å². The van der Waals surface area contributed by atoms with Crippen LogP contribution in [0.4, 0.5) is 0 Å². The molecule has 2 rings (SSSR count). The van der Waals surface area contributed by atoms with Gasteiger partial charge in [0.25, 0.3) is 0 Å². The Balaban J connectivity index is 0.000000720. The van der Waals surface area contributed by atoms with Crippen LogP contribution in [0.1, 0.15) is 24.3 Å². The highest BCUT2D eigenvalue weighted by Gasteiger charge is 2.14. The highest BCUT2D eigenvalue weighted by Crippen LogP contribution is 2.26. The summed E-state index contributed by atoms with van der Waals surface area (Å²) in [5.74, 6) is 0.836. The van der Waals surface area contributed by atoms with Crippen molar-refractivity contribution in [1.29, 1.82) is 0 Å². The molecular weight excluding hydrogens is 190 g/mol.